The number of nitrogens with one attached hydrogen (secondary N) is 2. The number of fused-ring (bicyclic) bond motifs is 1. The van der Waals surface area contributed by atoms with Gasteiger partial charge in [-0.2, -0.15) is 0 Å². The van der Waals surface area contributed by atoms with E-state index in [1.54, 1.807) is 0 Å². The van der Waals surface area contributed by atoms with Gasteiger partial charge in [-0.05, 0) is 32.3 Å². The van der Waals surface area contributed by atoms with Crippen molar-refractivity contribution >= 4 is 16.7 Å². The summed E-state index contributed by atoms with van der Waals surface area (Å²) in [5, 5.41) is 10.3. The summed E-state index contributed by atoms with van der Waals surface area (Å²) >= 11 is 0. The SMILES string of the molecule is Cc1[nH]c2ccccc2c1C(=O)C[NH+]1CCCC[C@H]1CCO. The van der Waals surface area contributed by atoms with E-state index in [2.05, 4.69) is 4.98 Å². The number of quaternary nitrogens is 1. The lowest BCUT2D eigenvalue weighted by Gasteiger charge is -2.31. The third-order valence-corrected chi connectivity index (χ3v) is 4.92. The van der Waals surface area contributed by atoms with Gasteiger partial charge in [0, 0.05) is 29.6 Å². The number of para-hydroxylation sites is 1. The van der Waals surface area contributed by atoms with Crippen LogP contribution in [-0.2, 0) is 0 Å². The average molecular weight is 301 g/mol. The van der Waals surface area contributed by atoms with Gasteiger partial charge in [-0.1, -0.05) is 18.2 Å². The number of Topliss-reactive ketones (excluding diaryl/α,β-unsaturated/α-hetero) is 1. The summed E-state index contributed by atoms with van der Waals surface area (Å²) in [4.78, 5) is 17.5. The van der Waals surface area contributed by atoms with E-state index in [4.69, 9.17) is 0 Å². The highest BCUT2D eigenvalue weighted by molar-refractivity contribution is 6.09. The number of benzene rings is 1. The van der Waals surface area contributed by atoms with E-state index in [0.717, 1.165) is 41.5 Å². The highest BCUT2D eigenvalue weighted by atomic mass is 16.3. The standard InChI is InChI=1S/C18H24N2O2/c1-13-18(15-7-2-3-8-16(15)19-13)17(22)12-20-10-5-4-6-14(20)9-11-21/h2-3,7-8,14,19,21H,4-6,9-12H2,1H3/p+1/t14-/m0/s1. The molecule has 0 radical (unpaired) electrons. The minimum absolute atomic E-state index is 0.217. The molecule has 3 N–H and O–H groups in total. The van der Waals surface area contributed by atoms with E-state index in [1.807, 2.05) is 31.2 Å². The maximum atomic E-state index is 12.9. The number of hydrogen-bond acceptors (Lipinski definition) is 2. The van der Waals surface area contributed by atoms with Crippen molar-refractivity contribution in [3.05, 3.63) is 35.5 Å². The Balaban J connectivity index is 1.82. The van der Waals surface area contributed by atoms with Crippen LogP contribution in [0.4, 0.5) is 0 Å². The molecule has 2 atom stereocenters. The van der Waals surface area contributed by atoms with Gasteiger partial charge in [0.05, 0.1) is 18.2 Å². The first kappa shape index (κ1) is 15.3. The number of carbonyl (C=O) groups excluding carboxylic acids is 1. The zero-order valence-electron chi connectivity index (χ0n) is 13.2. The molecular formula is C18H25N2O2+. The Morgan fingerprint density at radius 1 is 1.36 bits per heavy atom. The largest absolute Gasteiger partial charge is 0.396 e. The summed E-state index contributed by atoms with van der Waals surface area (Å²) in [5.41, 5.74) is 2.83. The van der Waals surface area contributed by atoms with E-state index in [-0.39, 0.29) is 12.4 Å². The van der Waals surface area contributed by atoms with Crippen molar-refractivity contribution < 1.29 is 14.8 Å². The summed E-state index contributed by atoms with van der Waals surface area (Å²) in [5.74, 6) is 0.217. The molecule has 0 bridgehead atoms. The lowest BCUT2D eigenvalue weighted by Crippen LogP contribution is -3.17. The Morgan fingerprint density at radius 3 is 3.00 bits per heavy atom. The molecule has 4 heteroatoms. The van der Waals surface area contributed by atoms with Gasteiger partial charge in [-0.25, -0.2) is 0 Å². The second-order valence-corrected chi connectivity index (χ2v) is 6.38. The lowest BCUT2D eigenvalue weighted by atomic mass is 9.98. The molecule has 2 aromatic rings. The van der Waals surface area contributed by atoms with Gasteiger partial charge in [0.25, 0.3) is 0 Å². The van der Waals surface area contributed by atoms with E-state index in [9.17, 15) is 9.90 Å². The van der Waals surface area contributed by atoms with Gasteiger partial charge < -0.3 is 15.0 Å². The number of rotatable bonds is 5. The minimum atomic E-state index is 0.217. The van der Waals surface area contributed by atoms with Gasteiger partial charge in [0.2, 0.25) is 5.78 Å². The Bertz CT molecular complexity index is 660. The predicted octanol–water partition coefficient (Wildman–Crippen LogP) is 1.48. The molecule has 22 heavy (non-hydrogen) atoms. The molecular weight excluding hydrogens is 276 g/mol. The molecule has 1 aliphatic rings. The van der Waals surface area contributed by atoms with Crippen LogP contribution in [0.2, 0.25) is 0 Å². The maximum Gasteiger partial charge on any atom is 0.219 e. The fourth-order valence-electron chi connectivity index (χ4n) is 3.82. The van der Waals surface area contributed by atoms with Crippen molar-refractivity contribution in [2.24, 2.45) is 0 Å². The second kappa shape index (κ2) is 6.63. The number of aliphatic hydroxyl groups is 1. The summed E-state index contributed by atoms with van der Waals surface area (Å²) in [6, 6.07) is 8.42. The average Bonchev–Trinajstić information content (AvgIpc) is 2.85. The molecule has 0 amide bonds. The molecule has 1 aliphatic heterocycles. The van der Waals surface area contributed by atoms with Gasteiger partial charge in [-0.15, -0.1) is 0 Å². The normalized spacial score (nSPS) is 22.1. The van der Waals surface area contributed by atoms with Crippen LogP contribution in [0, 0.1) is 6.92 Å². The monoisotopic (exact) mass is 301 g/mol. The van der Waals surface area contributed by atoms with E-state index < -0.39 is 0 Å². The number of carbonyl (C=O) groups is 1. The Hall–Kier alpha value is -1.65. The highest BCUT2D eigenvalue weighted by Gasteiger charge is 2.29. The van der Waals surface area contributed by atoms with E-state index in [1.165, 1.54) is 17.7 Å². The van der Waals surface area contributed by atoms with Crippen LogP contribution < -0.4 is 4.90 Å². The van der Waals surface area contributed by atoms with Gasteiger partial charge in [0.1, 0.15) is 6.54 Å². The molecule has 0 saturated carbocycles. The lowest BCUT2D eigenvalue weighted by molar-refractivity contribution is -0.923. The van der Waals surface area contributed by atoms with Crippen LogP contribution in [-0.4, -0.2) is 41.6 Å². The van der Waals surface area contributed by atoms with Gasteiger partial charge in [0.15, 0.2) is 0 Å². The Morgan fingerprint density at radius 2 is 2.18 bits per heavy atom. The fourth-order valence-corrected chi connectivity index (χ4v) is 3.82. The Labute approximate surface area is 131 Å². The van der Waals surface area contributed by atoms with Crippen molar-refractivity contribution in [2.75, 3.05) is 19.7 Å². The zero-order valence-corrected chi connectivity index (χ0v) is 13.2. The number of aliphatic hydroxyl groups excluding tert-OH is 1. The Kier molecular flexibility index (Phi) is 4.60. The smallest absolute Gasteiger partial charge is 0.219 e. The first-order valence-electron chi connectivity index (χ1n) is 8.26. The molecule has 1 aromatic heterocycles. The fraction of sp³-hybridized carbons (Fsp3) is 0.500. The van der Waals surface area contributed by atoms with Crippen molar-refractivity contribution in [3.63, 3.8) is 0 Å². The molecule has 2 heterocycles. The van der Waals surface area contributed by atoms with Crippen LogP contribution in [0.5, 0.6) is 0 Å². The van der Waals surface area contributed by atoms with Gasteiger partial charge in [-0.3, -0.25) is 4.79 Å². The van der Waals surface area contributed by atoms with Crippen LogP contribution >= 0.6 is 0 Å². The molecule has 0 spiro atoms. The van der Waals surface area contributed by atoms with Crippen molar-refractivity contribution in [1.29, 1.82) is 0 Å². The van der Waals surface area contributed by atoms with Crippen molar-refractivity contribution in [2.45, 2.75) is 38.6 Å². The second-order valence-electron chi connectivity index (χ2n) is 6.38. The minimum Gasteiger partial charge on any atom is -0.396 e. The quantitative estimate of drug-likeness (QED) is 0.733. The first-order valence-corrected chi connectivity index (χ1v) is 8.26. The number of aryl methyl sites for hydroxylation is 1. The zero-order chi connectivity index (χ0) is 15.5. The molecule has 1 saturated heterocycles. The molecule has 1 fully saturated rings. The molecule has 0 aliphatic carbocycles. The summed E-state index contributed by atoms with van der Waals surface area (Å²) in [6.07, 6.45) is 4.32. The number of piperidine rings is 1. The number of aromatic amines is 1. The number of ketones is 1. The van der Waals surface area contributed by atoms with E-state index in [0.29, 0.717) is 12.6 Å². The summed E-state index contributed by atoms with van der Waals surface area (Å²) in [7, 11) is 0. The number of H-pyrrole nitrogens is 1. The van der Waals surface area contributed by atoms with Crippen LogP contribution in [0.15, 0.2) is 24.3 Å². The van der Waals surface area contributed by atoms with Crippen molar-refractivity contribution in [3.8, 4) is 0 Å². The third-order valence-electron chi connectivity index (χ3n) is 4.92. The number of hydrogen-bond donors (Lipinski definition) is 3. The van der Waals surface area contributed by atoms with Gasteiger partial charge >= 0.3 is 0 Å². The molecule has 118 valence electrons. The van der Waals surface area contributed by atoms with Crippen LogP contribution in [0.3, 0.4) is 0 Å². The maximum absolute atomic E-state index is 12.9. The van der Waals surface area contributed by atoms with Crippen molar-refractivity contribution in [1.82, 2.24) is 4.98 Å². The number of likely N-dealkylation sites (tertiary alicyclic amines) is 1. The summed E-state index contributed by atoms with van der Waals surface area (Å²) < 4.78 is 0. The molecule has 3 rings (SSSR count). The molecule has 4 nitrogen and oxygen atoms in total. The van der Waals surface area contributed by atoms with Crippen LogP contribution in [0.1, 0.15) is 41.7 Å². The highest BCUT2D eigenvalue weighted by Crippen LogP contribution is 2.22. The summed E-state index contributed by atoms with van der Waals surface area (Å²) in [6.45, 7) is 3.77. The first-order chi connectivity index (χ1) is 10.7. The predicted molar refractivity (Wildman–Crippen MR) is 87.4 cm³/mol. The number of aromatic nitrogens is 1. The molecule has 1 aromatic carbocycles. The van der Waals surface area contributed by atoms with E-state index >= 15 is 0 Å². The molecule has 1 unspecified atom stereocenters. The topological polar surface area (TPSA) is 57.5 Å². The third kappa shape index (κ3) is 2.94. The van der Waals surface area contributed by atoms with Crippen LogP contribution in [0.25, 0.3) is 10.9 Å².